The van der Waals surface area contributed by atoms with E-state index in [0.717, 1.165) is 16.8 Å². The van der Waals surface area contributed by atoms with Gasteiger partial charge in [0.15, 0.2) is 5.69 Å². The summed E-state index contributed by atoms with van der Waals surface area (Å²) in [7, 11) is 1.32. The lowest BCUT2D eigenvalue weighted by atomic mass is 10.1. The van der Waals surface area contributed by atoms with Crippen molar-refractivity contribution in [1.29, 1.82) is 0 Å². The number of ether oxygens (including phenoxy) is 1. The van der Waals surface area contributed by atoms with Crippen molar-refractivity contribution in [2.45, 2.75) is 13.8 Å². The van der Waals surface area contributed by atoms with Crippen molar-refractivity contribution in [2.24, 2.45) is 0 Å². The van der Waals surface area contributed by atoms with Gasteiger partial charge in [0, 0.05) is 0 Å². The van der Waals surface area contributed by atoms with Gasteiger partial charge in [0.05, 0.1) is 19.0 Å². The molecule has 5 heteroatoms. The fourth-order valence-corrected chi connectivity index (χ4v) is 1.74. The van der Waals surface area contributed by atoms with E-state index in [1.165, 1.54) is 7.11 Å². The Labute approximate surface area is 99.0 Å². The molecule has 5 nitrogen and oxygen atoms in total. The van der Waals surface area contributed by atoms with Crippen LogP contribution in [0.2, 0.25) is 0 Å². The monoisotopic (exact) mass is 231 g/mol. The van der Waals surface area contributed by atoms with Crippen LogP contribution < -0.4 is 0 Å². The number of rotatable bonds is 2. The molecule has 0 atom stereocenters. The number of carbonyl (C=O) groups is 1. The molecule has 0 fully saturated rings. The SMILES string of the molecule is COC(=O)c1cn(-c2c(C)cccc2C)nn1. The molecule has 88 valence electrons. The molecule has 0 saturated carbocycles. The van der Waals surface area contributed by atoms with Crippen LogP contribution in [-0.4, -0.2) is 28.1 Å². The summed E-state index contributed by atoms with van der Waals surface area (Å²) in [6.45, 7) is 3.98. The highest BCUT2D eigenvalue weighted by Gasteiger charge is 2.13. The van der Waals surface area contributed by atoms with E-state index in [1.807, 2.05) is 32.0 Å². The lowest BCUT2D eigenvalue weighted by molar-refractivity contribution is 0.0594. The predicted octanol–water partition coefficient (Wildman–Crippen LogP) is 1.67. The zero-order valence-corrected chi connectivity index (χ0v) is 9.97. The molecule has 2 aromatic rings. The van der Waals surface area contributed by atoms with Gasteiger partial charge in [0.2, 0.25) is 0 Å². The first-order valence-electron chi connectivity index (χ1n) is 5.20. The van der Waals surface area contributed by atoms with Gasteiger partial charge >= 0.3 is 5.97 Å². The Hall–Kier alpha value is -2.17. The normalized spacial score (nSPS) is 10.3. The van der Waals surface area contributed by atoms with Crippen LogP contribution >= 0.6 is 0 Å². The van der Waals surface area contributed by atoms with Gasteiger partial charge in [-0.15, -0.1) is 5.10 Å². The number of aromatic nitrogens is 3. The van der Waals surface area contributed by atoms with Crippen LogP contribution in [0.1, 0.15) is 21.6 Å². The number of aryl methyl sites for hydroxylation is 2. The Morgan fingerprint density at radius 1 is 1.29 bits per heavy atom. The quantitative estimate of drug-likeness (QED) is 0.738. The molecule has 0 saturated heterocycles. The molecular formula is C12H13N3O2. The first-order valence-corrected chi connectivity index (χ1v) is 5.20. The molecular weight excluding hydrogens is 218 g/mol. The van der Waals surface area contributed by atoms with E-state index in [2.05, 4.69) is 15.0 Å². The lowest BCUT2D eigenvalue weighted by Crippen LogP contribution is -2.02. The fourth-order valence-electron chi connectivity index (χ4n) is 1.74. The van der Waals surface area contributed by atoms with Crippen molar-refractivity contribution in [3.63, 3.8) is 0 Å². The summed E-state index contributed by atoms with van der Waals surface area (Å²) < 4.78 is 6.19. The molecule has 0 amide bonds. The maximum Gasteiger partial charge on any atom is 0.360 e. The number of esters is 1. The van der Waals surface area contributed by atoms with E-state index in [1.54, 1.807) is 10.9 Å². The molecule has 0 unspecified atom stereocenters. The molecule has 17 heavy (non-hydrogen) atoms. The third-order valence-corrected chi connectivity index (χ3v) is 2.56. The highest BCUT2D eigenvalue weighted by atomic mass is 16.5. The van der Waals surface area contributed by atoms with Crippen LogP contribution in [0.25, 0.3) is 5.69 Å². The molecule has 1 aromatic heterocycles. The van der Waals surface area contributed by atoms with Gasteiger partial charge in [-0.3, -0.25) is 0 Å². The molecule has 0 spiro atoms. The second kappa shape index (κ2) is 4.37. The summed E-state index contributed by atoms with van der Waals surface area (Å²) in [5.41, 5.74) is 3.29. The third kappa shape index (κ3) is 2.04. The Bertz CT molecular complexity index is 540. The summed E-state index contributed by atoms with van der Waals surface area (Å²) in [5, 5.41) is 7.73. The Kier molecular flexibility index (Phi) is 2.91. The maximum absolute atomic E-state index is 11.3. The molecule has 2 rings (SSSR count). The first-order chi connectivity index (χ1) is 8.13. The Morgan fingerprint density at radius 2 is 1.94 bits per heavy atom. The van der Waals surface area contributed by atoms with Crippen LogP contribution in [0.3, 0.4) is 0 Å². The largest absolute Gasteiger partial charge is 0.464 e. The molecule has 1 heterocycles. The summed E-state index contributed by atoms with van der Waals surface area (Å²) in [5.74, 6) is -0.484. The third-order valence-electron chi connectivity index (χ3n) is 2.56. The van der Waals surface area contributed by atoms with Crippen LogP contribution in [0.5, 0.6) is 0 Å². The van der Waals surface area contributed by atoms with Gasteiger partial charge in [0.1, 0.15) is 0 Å². The van der Waals surface area contributed by atoms with E-state index in [9.17, 15) is 4.79 Å². The standard InChI is InChI=1S/C12H13N3O2/c1-8-5-4-6-9(2)11(8)15-7-10(13-14-15)12(16)17-3/h4-7H,1-3H3. The van der Waals surface area contributed by atoms with E-state index < -0.39 is 5.97 Å². The van der Waals surface area contributed by atoms with E-state index in [4.69, 9.17) is 0 Å². The molecule has 1 aromatic carbocycles. The van der Waals surface area contributed by atoms with Gasteiger partial charge in [0.25, 0.3) is 0 Å². The van der Waals surface area contributed by atoms with Crippen LogP contribution in [0, 0.1) is 13.8 Å². The minimum Gasteiger partial charge on any atom is -0.464 e. The number of benzene rings is 1. The van der Waals surface area contributed by atoms with Crippen molar-refractivity contribution in [3.05, 3.63) is 41.2 Å². The summed E-state index contributed by atoms with van der Waals surface area (Å²) in [4.78, 5) is 11.3. The van der Waals surface area contributed by atoms with E-state index in [-0.39, 0.29) is 5.69 Å². The lowest BCUT2D eigenvalue weighted by Gasteiger charge is -2.07. The smallest absolute Gasteiger partial charge is 0.360 e. The van der Waals surface area contributed by atoms with Crippen LogP contribution in [0.15, 0.2) is 24.4 Å². The van der Waals surface area contributed by atoms with E-state index in [0.29, 0.717) is 0 Å². The highest BCUT2D eigenvalue weighted by molar-refractivity contribution is 5.86. The van der Waals surface area contributed by atoms with Crippen LogP contribution in [0.4, 0.5) is 0 Å². The number of para-hydroxylation sites is 1. The number of hydrogen-bond acceptors (Lipinski definition) is 4. The zero-order valence-electron chi connectivity index (χ0n) is 9.97. The second-order valence-electron chi connectivity index (χ2n) is 3.78. The van der Waals surface area contributed by atoms with Crippen molar-refractivity contribution >= 4 is 5.97 Å². The zero-order chi connectivity index (χ0) is 12.4. The Morgan fingerprint density at radius 3 is 2.53 bits per heavy atom. The maximum atomic E-state index is 11.3. The van der Waals surface area contributed by atoms with Gasteiger partial charge in [-0.2, -0.15) is 0 Å². The Balaban J connectivity index is 2.47. The fraction of sp³-hybridized carbons (Fsp3) is 0.250. The van der Waals surface area contributed by atoms with Gasteiger partial charge in [-0.05, 0) is 25.0 Å². The number of carbonyl (C=O) groups excluding carboxylic acids is 1. The summed E-state index contributed by atoms with van der Waals surface area (Å²) in [6, 6.07) is 5.95. The molecule has 0 aliphatic heterocycles. The highest BCUT2D eigenvalue weighted by Crippen LogP contribution is 2.17. The number of nitrogens with zero attached hydrogens (tertiary/aromatic N) is 3. The number of hydrogen-bond donors (Lipinski definition) is 0. The minimum absolute atomic E-state index is 0.204. The van der Waals surface area contributed by atoms with Crippen molar-refractivity contribution in [2.75, 3.05) is 7.11 Å². The summed E-state index contributed by atoms with van der Waals surface area (Å²) >= 11 is 0. The van der Waals surface area contributed by atoms with Crippen molar-refractivity contribution in [3.8, 4) is 5.69 Å². The van der Waals surface area contributed by atoms with Crippen molar-refractivity contribution < 1.29 is 9.53 Å². The predicted molar refractivity (Wildman–Crippen MR) is 62.2 cm³/mol. The topological polar surface area (TPSA) is 57.0 Å². The van der Waals surface area contributed by atoms with Crippen molar-refractivity contribution in [1.82, 2.24) is 15.0 Å². The minimum atomic E-state index is -0.484. The van der Waals surface area contributed by atoms with Gasteiger partial charge in [-0.1, -0.05) is 23.4 Å². The average molecular weight is 231 g/mol. The second-order valence-corrected chi connectivity index (χ2v) is 3.78. The molecule has 0 aliphatic rings. The van der Waals surface area contributed by atoms with Gasteiger partial charge < -0.3 is 4.74 Å². The van der Waals surface area contributed by atoms with E-state index >= 15 is 0 Å². The summed E-state index contributed by atoms with van der Waals surface area (Å²) in [6.07, 6.45) is 1.57. The molecule has 0 radical (unpaired) electrons. The first kappa shape index (κ1) is 11.3. The molecule has 0 aliphatic carbocycles. The van der Waals surface area contributed by atoms with Crippen LogP contribution in [-0.2, 0) is 4.74 Å². The number of methoxy groups -OCH3 is 1. The average Bonchev–Trinajstić information content (AvgIpc) is 2.77. The molecule has 0 bridgehead atoms. The van der Waals surface area contributed by atoms with Gasteiger partial charge in [-0.25, -0.2) is 9.48 Å². The molecule has 0 N–H and O–H groups in total.